The number of sulfonamides is 1. The molecule has 10 heteroatoms. The molecule has 2 aliphatic rings. The van der Waals surface area contributed by atoms with E-state index in [1.165, 1.54) is 12.1 Å². The number of anilines is 1. The predicted octanol–water partition coefficient (Wildman–Crippen LogP) is 3.23. The van der Waals surface area contributed by atoms with Gasteiger partial charge in [0, 0.05) is 13.0 Å². The van der Waals surface area contributed by atoms with E-state index in [9.17, 15) is 22.4 Å². The van der Waals surface area contributed by atoms with Crippen molar-refractivity contribution in [1.82, 2.24) is 9.29 Å². The summed E-state index contributed by atoms with van der Waals surface area (Å²) in [7, 11) is -3.93. The zero-order valence-corrected chi connectivity index (χ0v) is 18.3. The van der Waals surface area contributed by atoms with Crippen molar-refractivity contribution in [2.24, 2.45) is 5.41 Å². The van der Waals surface area contributed by atoms with E-state index in [1.54, 1.807) is 0 Å². The van der Waals surface area contributed by atoms with Gasteiger partial charge in [-0.25, -0.2) is 17.8 Å². The first kappa shape index (κ1) is 21.1. The van der Waals surface area contributed by atoms with Gasteiger partial charge >= 0.3 is 0 Å². The number of thiazole rings is 1. The minimum absolute atomic E-state index is 0.0145. The third-order valence-electron chi connectivity index (χ3n) is 5.39. The number of fused-ring (bicyclic) bond motifs is 1. The van der Waals surface area contributed by atoms with Gasteiger partial charge in [0.25, 0.3) is 0 Å². The topological polar surface area (TPSA) is 96.4 Å². The van der Waals surface area contributed by atoms with Crippen LogP contribution in [0, 0.1) is 11.2 Å². The van der Waals surface area contributed by atoms with Crippen molar-refractivity contribution in [1.29, 1.82) is 0 Å². The molecule has 7 nitrogen and oxygen atoms in total. The van der Waals surface area contributed by atoms with Crippen LogP contribution in [0.2, 0.25) is 0 Å². The van der Waals surface area contributed by atoms with Crippen LogP contribution in [-0.4, -0.2) is 42.0 Å². The molecule has 1 amide bonds. The summed E-state index contributed by atoms with van der Waals surface area (Å²) in [5.74, 6) is -0.994. The molecule has 30 heavy (non-hydrogen) atoms. The highest BCUT2D eigenvalue weighted by molar-refractivity contribution is 7.89. The minimum atomic E-state index is -3.93. The Morgan fingerprint density at radius 1 is 1.27 bits per heavy atom. The van der Waals surface area contributed by atoms with Crippen LogP contribution in [-0.2, 0) is 21.2 Å². The van der Waals surface area contributed by atoms with Crippen LogP contribution in [0.3, 0.4) is 0 Å². The number of halogens is 1. The number of hydrogen-bond acceptors (Lipinski definition) is 6. The first-order valence-electron chi connectivity index (χ1n) is 9.68. The van der Waals surface area contributed by atoms with Crippen molar-refractivity contribution < 1.29 is 22.4 Å². The lowest BCUT2D eigenvalue weighted by Gasteiger charge is -2.26. The summed E-state index contributed by atoms with van der Waals surface area (Å²) in [5.41, 5.74) is 0.504. The van der Waals surface area contributed by atoms with Crippen molar-refractivity contribution in [3.05, 3.63) is 40.7 Å². The Bertz CT molecular complexity index is 1110. The van der Waals surface area contributed by atoms with Crippen molar-refractivity contribution in [2.75, 3.05) is 11.9 Å². The van der Waals surface area contributed by atoms with Crippen LogP contribution in [0.15, 0.2) is 29.2 Å². The van der Waals surface area contributed by atoms with Gasteiger partial charge in [-0.15, -0.1) is 0 Å². The maximum absolute atomic E-state index is 13.2. The van der Waals surface area contributed by atoms with Gasteiger partial charge in [-0.05, 0) is 48.9 Å². The molecule has 1 fully saturated rings. The number of nitrogens with zero attached hydrogens (tertiary/aromatic N) is 2. The van der Waals surface area contributed by atoms with Crippen molar-refractivity contribution >= 4 is 38.2 Å². The zero-order valence-electron chi connectivity index (χ0n) is 16.6. The van der Waals surface area contributed by atoms with E-state index < -0.39 is 27.8 Å². The Morgan fingerprint density at radius 3 is 2.67 bits per heavy atom. The molecule has 0 bridgehead atoms. The average Bonchev–Trinajstić information content (AvgIpc) is 3.28. The summed E-state index contributed by atoms with van der Waals surface area (Å²) in [6, 6.07) is 3.67. The first-order valence-corrected chi connectivity index (χ1v) is 11.9. The molecular formula is C20H22FN3O4S2. The summed E-state index contributed by atoms with van der Waals surface area (Å²) in [6.07, 6.45) is 2.00. The monoisotopic (exact) mass is 451 g/mol. The van der Waals surface area contributed by atoms with Crippen LogP contribution < -0.4 is 5.32 Å². The summed E-state index contributed by atoms with van der Waals surface area (Å²) in [5, 5.41) is 3.01. The second kappa shape index (κ2) is 7.51. The SMILES string of the molecule is CC1(C)CC(=O)c2sc(NC(=O)C3CCCN3S(=O)(=O)c3ccc(F)cc3)nc2C1. The van der Waals surface area contributed by atoms with Gasteiger partial charge in [0.2, 0.25) is 15.9 Å². The summed E-state index contributed by atoms with van der Waals surface area (Å²) < 4.78 is 40.2. The van der Waals surface area contributed by atoms with Gasteiger partial charge < -0.3 is 5.32 Å². The molecular weight excluding hydrogens is 429 g/mol. The first-order chi connectivity index (χ1) is 14.1. The van der Waals surface area contributed by atoms with E-state index in [0.29, 0.717) is 41.4 Å². The quantitative estimate of drug-likeness (QED) is 0.770. The molecule has 1 aliphatic carbocycles. The number of aromatic nitrogens is 1. The number of benzene rings is 1. The number of carbonyl (C=O) groups is 2. The van der Waals surface area contributed by atoms with Crippen LogP contribution in [0.1, 0.15) is 48.5 Å². The molecule has 0 spiro atoms. The molecule has 1 unspecified atom stereocenters. The third-order valence-corrected chi connectivity index (χ3v) is 8.37. The van der Waals surface area contributed by atoms with E-state index >= 15 is 0 Å². The van der Waals surface area contributed by atoms with Crippen LogP contribution >= 0.6 is 11.3 Å². The van der Waals surface area contributed by atoms with Crippen molar-refractivity contribution in [3.8, 4) is 0 Å². The maximum atomic E-state index is 13.2. The normalized spacial score (nSPS) is 21.4. The molecule has 4 rings (SSSR count). The fraction of sp³-hybridized carbons (Fsp3) is 0.450. The maximum Gasteiger partial charge on any atom is 0.244 e. The number of Topliss-reactive ketones (excluding diaryl/α,β-unsaturated/α-hetero) is 1. The van der Waals surface area contributed by atoms with Crippen LogP contribution in [0.25, 0.3) is 0 Å². The summed E-state index contributed by atoms with van der Waals surface area (Å²) in [4.78, 5) is 30.2. The Kier molecular flexibility index (Phi) is 5.27. The second-order valence-corrected chi connectivity index (χ2v) is 11.3. The molecule has 1 aromatic heterocycles. The zero-order chi connectivity index (χ0) is 21.7. The van der Waals surface area contributed by atoms with E-state index in [0.717, 1.165) is 27.8 Å². The Balaban J connectivity index is 1.54. The predicted molar refractivity (Wildman–Crippen MR) is 110 cm³/mol. The molecule has 2 aromatic rings. The van der Waals surface area contributed by atoms with Gasteiger partial charge in [0.15, 0.2) is 10.9 Å². The molecule has 2 heterocycles. The smallest absolute Gasteiger partial charge is 0.244 e. The molecule has 0 saturated carbocycles. The highest BCUT2D eigenvalue weighted by Gasteiger charge is 2.40. The number of ketones is 1. The minimum Gasteiger partial charge on any atom is -0.301 e. The van der Waals surface area contributed by atoms with Gasteiger partial charge in [0.1, 0.15) is 11.9 Å². The summed E-state index contributed by atoms with van der Waals surface area (Å²) >= 11 is 1.14. The lowest BCUT2D eigenvalue weighted by Crippen LogP contribution is -2.43. The number of hydrogen-bond donors (Lipinski definition) is 1. The number of rotatable bonds is 4. The number of nitrogens with one attached hydrogen (secondary N) is 1. The van der Waals surface area contributed by atoms with Gasteiger partial charge in [-0.1, -0.05) is 25.2 Å². The molecule has 1 aliphatic heterocycles. The van der Waals surface area contributed by atoms with E-state index in [2.05, 4.69) is 10.3 Å². The van der Waals surface area contributed by atoms with E-state index in [1.807, 2.05) is 13.8 Å². The van der Waals surface area contributed by atoms with Gasteiger partial charge in [-0.2, -0.15) is 4.31 Å². The van der Waals surface area contributed by atoms with E-state index in [-0.39, 0.29) is 22.6 Å². The second-order valence-electron chi connectivity index (χ2n) is 8.45. The molecule has 1 saturated heterocycles. The van der Waals surface area contributed by atoms with Gasteiger partial charge in [0.05, 0.1) is 15.5 Å². The largest absolute Gasteiger partial charge is 0.301 e. The highest BCUT2D eigenvalue weighted by Crippen LogP contribution is 2.38. The Morgan fingerprint density at radius 2 is 1.97 bits per heavy atom. The van der Waals surface area contributed by atoms with Crippen molar-refractivity contribution in [3.63, 3.8) is 0 Å². The summed E-state index contributed by atoms with van der Waals surface area (Å²) in [6.45, 7) is 4.21. The lowest BCUT2D eigenvalue weighted by molar-refractivity contribution is -0.119. The highest BCUT2D eigenvalue weighted by atomic mass is 32.2. The Labute approximate surface area is 178 Å². The fourth-order valence-corrected chi connectivity index (χ4v) is 6.57. The standard InChI is InChI=1S/C20H22FN3O4S2/c1-20(2)10-14-17(16(25)11-20)29-19(22-14)23-18(26)15-4-3-9-24(15)30(27,28)13-7-5-12(21)6-8-13/h5-8,15H,3-4,9-11H2,1-2H3,(H,22,23,26). The number of carbonyl (C=O) groups excluding carboxylic acids is 2. The molecule has 1 N–H and O–H groups in total. The van der Waals surface area contributed by atoms with Gasteiger partial charge in [-0.3, -0.25) is 9.59 Å². The number of amides is 1. The third kappa shape index (κ3) is 3.91. The van der Waals surface area contributed by atoms with Crippen LogP contribution in [0.5, 0.6) is 0 Å². The van der Waals surface area contributed by atoms with Crippen molar-refractivity contribution in [2.45, 2.75) is 50.5 Å². The van der Waals surface area contributed by atoms with Crippen LogP contribution in [0.4, 0.5) is 9.52 Å². The molecule has 0 radical (unpaired) electrons. The lowest BCUT2D eigenvalue weighted by atomic mass is 9.78. The molecule has 1 atom stereocenters. The Hall–Kier alpha value is -2.17. The molecule has 1 aromatic carbocycles. The molecule has 160 valence electrons. The van der Waals surface area contributed by atoms with E-state index in [4.69, 9.17) is 0 Å². The average molecular weight is 452 g/mol. The fourth-order valence-electron chi connectivity index (χ4n) is 3.99.